The summed E-state index contributed by atoms with van der Waals surface area (Å²) in [5.41, 5.74) is 7.12. The summed E-state index contributed by atoms with van der Waals surface area (Å²) in [5, 5.41) is 2.47. The molecule has 0 spiro atoms. The Bertz CT molecular complexity index is 687. The standard InChI is InChI=1S/C15H15FN2O2S/c1-10-2-5-12(6-3-10)21(20)9-15(19)18-14-8-11(16)4-7-13(14)17/h2-8H,9,17H2,1H3,(H,18,19). The average molecular weight is 306 g/mol. The van der Waals surface area contributed by atoms with Crippen LogP contribution in [0.3, 0.4) is 0 Å². The van der Waals surface area contributed by atoms with Crippen LogP contribution in [0.2, 0.25) is 0 Å². The largest absolute Gasteiger partial charge is 0.397 e. The van der Waals surface area contributed by atoms with Crippen LogP contribution in [0.1, 0.15) is 5.56 Å². The Morgan fingerprint density at radius 1 is 1.24 bits per heavy atom. The summed E-state index contributed by atoms with van der Waals surface area (Å²) in [6.45, 7) is 1.92. The Labute approximate surface area is 124 Å². The summed E-state index contributed by atoms with van der Waals surface area (Å²) in [6, 6.07) is 10.8. The van der Waals surface area contributed by atoms with Gasteiger partial charge in [-0.2, -0.15) is 0 Å². The maximum absolute atomic E-state index is 13.1. The Morgan fingerprint density at radius 2 is 1.90 bits per heavy atom. The molecule has 0 aromatic heterocycles. The number of carbonyl (C=O) groups excluding carboxylic acids is 1. The van der Waals surface area contributed by atoms with E-state index in [1.54, 1.807) is 12.1 Å². The quantitative estimate of drug-likeness (QED) is 0.852. The first kappa shape index (κ1) is 15.2. The fourth-order valence-electron chi connectivity index (χ4n) is 1.72. The number of anilines is 2. The van der Waals surface area contributed by atoms with Crippen LogP contribution in [0, 0.1) is 12.7 Å². The maximum Gasteiger partial charge on any atom is 0.237 e. The lowest BCUT2D eigenvalue weighted by Gasteiger charge is -2.08. The molecule has 4 nitrogen and oxygen atoms in total. The number of amides is 1. The molecule has 0 aliphatic carbocycles. The summed E-state index contributed by atoms with van der Waals surface area (Å²) in [6.07, 6.45) is 0. The summed E-state index contributed by atoms with van der Waals surface area (Å²) in [7, 11) is -1.45. The van der Waals surface area contributed by atoms with Crippen molar-refractivity contribution in [1.29, 1.82) is 0 Å². The highest BCUT2D eigenvalue weighted by atomic mass is 32.2. The van der Waals surface area contributed by atoms with Gasteiger partial charge in [-0.15, -0.1) is 0 Å². The van der Waals surface area contributed by atoms with Gasteiger partial charge in [0.2, 0.25) is 5.91 Å². The van der Waals surface area contributed by atoms with E-state index in [9.17, 15) is 13.4 Å². The maximum atomic E-state index is 13.1. The van der Waals surface area contributed by atoms with Crippen LogP contribution in [0.15, 0.2) is 47.4 Å². The lowest BCUT2D eigenvalue weighted by atomic mass is 10.2. The number of nitrogen functional groups attached to an aromatic ring is 1. The molecule has 2 aromatic carbocycles. The molecule has 0 bridgehead atoms. The first-order valence-electron chi connectivity index (χ1n) is 6.25. The molecule has 0 aliphatic heterocycles. The van der Waals surface area contributed by atoms with E-state index in [4.69, 9.17) is 5.73 Å². The number of benzene rings is 2. The second kappa shape index (κ2) is 6.49. The molecule has 0 saturated heterocycles. The lowest BCUT2D eigenvalue weighted by molar-refractivity contribution is -0.113. The third kappa shape index (κ3) is 4.13. The monoisotopic (exact) mass is 306 g/mol. The number of carbonyl (C=O) groups is 1. The van der Waals surface area contributed by atoms with Crippen LogP contribution in [0.25, 0.3) is 0 Å². The van der Waals surface area contributed by atoms with Gasteiger partial charge in [0.05, 0.1) is 22.2 Å². The summed E-state index contributed by atoms with van der Waals surface area (Å²) in [5.74, 6) is -1.19. The Balaban J connectivity index is 2.03. The summed E-state index contributed by atoms with van der Waals surface area (Å²) < 4.78 is 25.1. The van der Waals surface area contributed by atoms with Crippen molar-refractivity contribution in [2.24, 2.45) is 0 Å². The van der Waals surface area contributed by atoms with Gasteiger partial charge >= 0.3 is 0 Å². The molecule has 2 aromatic rings. The third-order valence-electron chi connectivity index (χ3n) is 2.84. The van der Waals surface area contributed by atoms with Crippen LogP contribution in [0.5, 0.6) is 0 Å². The number of aryl methyl sites for hydroxylation is 1. The lowest BCUT2D eigenvalue weighted by Crippen LogP contribution is -2.20. The van der Waals surface area contributed by atoms with Crippen molar-refractivity contribution in [3.05, 3.63) is 53.8 Å². The Morgan fingerprint density at radius 3 is 2.57 bits per heavy atom. The summed E-state index contributed by atoms with van der Waals surface area (Å²) >= 11 is 0. The number of hydrogen-bond donors (Lipinski definition) is 2. The van der Waals surface area contributed by atoms with E-state index < -0.39 is 22.5 Å². The molecule has 0 fully saturated rings. The summed E-state index contributed by atoms with van der Waals surface area (Å²) in [4.78, 5) is 12.4. The molecule has 0 heterocycles. The number of nitrogens with one attached hydrogen (secondary N) is 1. The second-order valence-corrected chi connectivity index (χ2v) is 6.03. The van der Waals surface area contributed by atoms with Crippen molar-refractivity contribution in [3.63, 3.8) is 0 Å². The molecular weight excluding hydrogens is 291 g/mol. The first-order chi connectivity index (χ1) is 9.95. The molecule has 3 N–H and O–H groups in total. The van der Waals surface area contributed by atoms with Crippen molar-refractivity contribution >= 4 is 28.1 Å². The highest BCUT2D eigenvalue weighted by molar-refractivity contribution is 7.85. The van der Waals surface area contributed by atoms with Gasteiger partial charge in [0.25, 0.3) is 0 Å². The van der Waals surface area contributed by atoms with E-state index >= 15 is 0 Å². The minimum atomic E-state index is -1.45. The van der Waals surface area contributed by atoms with E-state index in [1.807, 2.05) is 19.1 Å². The Kier molecular flexibility index (Phi) is 4.70. The van der Waals surface area contributed by atoms with Crippen LogP contribution < -0.4 is 11.1 Å². The zero-order valence-corrected chi connectivity index (χ0v) is 12.2. The van der Waals surface area contributed by atoms with Gasteiger partial charge in [0.15, 0.2) is 0 Å². The van der Waals surface area contributed by atoms with E-state index in [-0.39, 0.29) is 17.1 Å². The van der Waals surface area contributed by atoms with Gasteiger partial charge in [0, 0.05) is 4.90 Å². The number of halogens is 1. The normalized spacial score (nSPS) is 11.9. The predicted octanol–water partition coefficient (Wildman–Crippen LogP) is 2.46. The van der Waals surface area contributed by atoms with Crippen molar-refractivity contribution in [3.8, 4) is 0 Å². The molecule has 21 heavy (non-hydrogen) atoms. The van der Waals surface area contributed by atoms with Gasteiger partial charge < -0.3 is 11.1 Å². The van der Waals surface area contributed by atoms with Crippen LogP contribution >= 0.6 is 0 Å². The van der Waals surface area contributed by atoms with E-state index in [2.05, 4.69) is 5.32 Å². The van der Waals surface area contributed by atoms with Gasteiger partial charge in [-0.3, -0.25) is 9.00 Å². The molecule has 0 aliphatic rings. The van der Waals surface area contributed by atoms with E-state index in [0.29, 0.717) is 4.90 Å². The van der Waals surface area contributed by atoms with Crippen LogP contribution in [-0.4, -0.2) is 15.9 Å². The van der Waals surface area contributed by atoms with E-state index in [1.165, 1.54) is 12.1 Å². The average Bonchev–Trinajstić information content (AvgIpc) is 2.43. The van der Waals surface area contributed by atoms with Gasteiger partial charge in [0.1, 0.15) is 11.6 Å². The fraction of sp³-hybridized carbons (Fsp3) is 0.133. The SMILES string of the molecule is Cc1ccc(S(=O)CC(=O)Nc2cc(F)ccc2N)cc1. The highest BCUT2D eigenvalue weighted by Crippen LogP contribution is 2.19. The topological polar surface area (TPSA) is 72.2 Å². The van der Waals surface area contributed by atoms with Gasteiger partial charge in [-0.1, -0.05) is 17.7 Å². The minimum absolute atomic E-state index is 0.181. The molecule has 1 amide bonds. The zero-order chi connectivity index (χ0) is 15.4. The number of rotatable bonds is 4. The smallest absolute Gasteiger partial charge is 0.237 e. The molecule has 0 saturated carbocycles. The molecule has 0 radical (unpaired) electrons. The molecular formula is C15H15FN2O2S. The van der Waals surface area contributed by atoms with Crippen LogP contribution in [0.4, 0.5) is 15.8 Å². The molecule has 110 valence electrons. The molecule has 1 unspecified atom stereocenters. The third-order valence-corrected chi connectivity index (χ3v) is 4.16. The highest BCUT2D eigenvalue weighted by Gasteiger charge is 2.12. The van der Waals surface area contributed by atoms with Crippen LogP contribution in [-0.2, 0) is 15.6 Å². The Hall–Kier alpha value is -2.21. The molecule has 6 heteroatoms. The first-order valence-corrected chi connectivity index (χ1v) is 7.57. The van der Waals surface area contributed by atoms with Crippen molar-refractivity contribution in [1.82, 2.24) is 0 Å². The van der Waals surface area contributed by atoms with Gasteiger partial charge in [-0.25, -0.2) is 4.39 Å². The van der Waals surface area contributed by atoms with Gasteiger partial charge in [-0.05, 0) is 37.3 Å². The van der Waals surface area contributed by atoms with Crippen molar-refractivity contribution < 1.29 is 13.4 Å². The zero-order valence-electron chi connectivity index (χ0n) is 11.4. The number of nitrogens with two attached hydrogens (primary N) is 1. The van der Waals surface area contributed by atoms with E-state index in [0.717, 1.165) is 11.6 Å². The second-order valence-electron chi connectivity index (χ2n) is 4.58. The molecule has 2 rings (SSSR count). The van der Waals surface area contributed by atoms with Crippen molar-refractivity contribution in [2.75, 3.05) is 16.8 Å². The predicted molar refractivity (Wildman–Crippen MR) is 81.9 cm³/mol. The molecule has 1 atom stereocenters. The fourth-order valence-corrected chi connectivity index (χ4v) is 2.63. The number of hydrogen-bond acceptors (Lipinski definition) is 3. The van der Waals surface area contributed by atoms with Crippen molar-refractivity contribution in [2.45, 2.75) is 11.8 Å². The minimum Gasteiger partial charge on any atom is -0.397 e.